The van der Waals surface area contributed by atoms with Crippen molar-refractivity contribution in [3.05, 3.63) is 42.5 Å². The monoisotopic (exact) mass is 474 g/mol. The molecule has 0 spiro atoms. The molecule has 180 valence electrons. The summed E-state index contributed by atoms with van der Waals surface area (Å²) in [6.45, 7) is 10.8. The van der Waals surface area contributed by atoms with Crippen LogP contribution in [0.4, 0.5) is 17.1 Å². The first-order chi connectivity index (χ1) is 15.9. The maximum Gasteiger partial charge on any atom is 0.245 e. The van der Waals surface area contributed by atoms with Crippen LogP contribution in [0.2, 0.25) is 0 Å². The third-order valence-corrected chi connectivity index (χ3v) is 7.81. The highest BCUT2D eigenvalue weighted by atomic mass is 32.2. The van der Waals surface area contributed by atoms with Gasteiger partial charge in [-0.2, -0.15) is 14.3 Å². The first-order valence-electron chi connectivity index (χ1n) is 11.4. The maximum atomic E-state index is 13.8. The summed E-state index contributed by atoms with van der Waals surface area (Å²) in [5.74, 6) is 0.385. The molecule has 0 fully saturated rings. The highest BCUT2D eigenvalue weighted by Gasteiger charge is 2.38. The van der Waals surface area contributed by atoms with E-state index in [-0.39, 0.29) is 10.9 Å². The third-order valence-electron chi connectivity index (χ3n) is 5.87. The van der Waals surface area contributed by atoms with Crippen LogP contribution < -0.4 is 14.8 Å². The van der Waals surface area contributed by atoms with Gasteiger partial charge in [-0.3, -0.25) is 5.01 Å². The summed E-state index contributed by atoms with van der Waals surface area (Å²) in [5, 5.41) is 5.64. The van der Waals surface area contributed by atoms with E-state index < -0.39 is 10.0 Å². The van der Waals surface area contributed by atoms with Gasteiger partial charge in [-0.1, -0.05) is 38.0 Å². The molecule has 0 radical (unpaired) electrons. The number of nitrogens with zero attached hydrogens (tertiary/aromatic N) is 4. The Kier molecular flexibility index (Phi) is 8.34. The Balaban J connectivity index is 2.28. The van der Waals surface area contributed by atoms with E-state index in [0.29, 0.717) is 36.8 Å². The molecule has 1 aliphatic heterocycles. The van der Waals surface area contributed by atoms with Gasteiger partial charge in [0.25, 0.3) is 0 Å². The van der Waals surface area contributed by atoms with Crippen molar-refractivity contribution in [2.45, 2.75) is 51.0 Å². The van der Waals surface area contributed by atoms with Crippen LogP contribution in [-0.2, 0) is 14.9 Å². The van der Waals surface area contributed by atoms with Gasteiger partial charge in [0.2, 0.25) is 10.0 Å². The summed E-state index contributed by atoms with van der Waals surface area (Å²) in [6.07, 6.45) is 2.71. The van der Waals surface area contributed by atoms with Crippen LogP contribution in [-0.4, -0.2) is 52.2 Å². The molecule has 0 unspecified atom stereocenters. The summed E-state index contributed by atoms with van der Waals surface area (Å²) in [6, 6.07) is 13.0. The standard InChI is InChI=1S/C24H34N4O4S/c1-6-9-13-20-18-27(19-14-11-10-12-15-19)22-16-23(32-31-8-3)21(28(7-2)25-4)17-24(22)33(29,30)26(20)5/h10-12,14-17,20H,4,6-9,13,18H2,1-3,5H3/t20-/m1/s1. The number of anilines is 3. The van der Waals surface area contributed by atoms with Crippen LogP contribution in [0.1, 0.15) is 40.0 Å². The van der Waals surface area contributed by atoms with Crippen molar-refractivity contribution in [1.82, 2.24) is 4.31 Å². The van der Waals surface area contributed by atoms with Gasteiger partial charge in [-0.25, -0.2) is 8.42 Å². The second-order valence-electron chi connectivity index (χ2n) is 7.90. The lowest BCUT2D eigenvalue weighted by atomic mass is 10.1. The van der Waals surface area contributed by atoms with Gasteiger partial charge in [0, 0.05) is 44.7 Å². The zero-order valence-electron chi connectivity index (χ0n) is 19.9. The first-order valence-corrected chi connectivity index (χ1v) is 12.8. The van der Waals surface area contributed by atoms with Crippen molar-refractivity contribution >= 4 is 33.8 Å². The Morgan fingerprint density at radius 1 is 1.18 bits per heavy atom. The minimum absolute atomic E-state index is 0.179. The summed E-state index contributed by atoms with van der Waals surface area (Å²) < 4.78 is 29.1. The molecule has 0 bridgehead atoms. The lowest BCUT2D eigenvalue weighted by Gasteiger charge is -2.30. The summed E-state index contributed by atoms with van der Waals surface area (Å²) in [5.41, 5.74) is 1.94. The molecule has 0 aromatic heterocycles. The summed E-state index contributed by atoms with van der Waals surface area (Å²) in [7, 11) is -2.11. The van der Waals surface area contributed by atoms with Gasteiger partial charge in [-0.15, -0.1) is 0 Å². The number of likely N-dealkylation sites (N-methyl/N-ethyl adjacent to an activating group) is 1. The second kappa shape index (κ2) is 11.0. The van der Waals surface area contributed by atoms with Crippen LogP contribution in [0.25, 0.3) is 0 Å². The molecule has 1 aliphatic rings. The number of fused-ring (bicyclic) bond motifs is 1. The molecular weight excluding hydrogens is 440 g/mol. The van der Waals surface area contributed by atoms with E-state index in [9.17, 15) is 8.42 Å². The normalized spacial score (nSPS) is 17.8. The number of hydrogen-bond donors (Lipinski definition) is 0. The largest absolute Gasteiger partial charge is 0.339 e. The van der Waals surface area contributed by atoms with Gasteiger partial charge < -0.3 is 9.79 Å². The molecule has 8 nitrogen and oxygen atoms in total. The van der Waals surface area contributed by atoms with Gasteiger partial charge in [0.05, 0.1) is 12.3 Å². The van der Waals surface area contributed by atoms with Crippen LogP contribution in [0, 0.1) is 0 Å². The van der Waals surface area contributed by atoms with Gasteiger partial charge >= 0.3 is 0 Å². The van der Waals surface area contributed by atoms with Crippen molar-refractivity contribution in [2.75, 3.05) is 36.7 Å². The smallest absolute Gasteiger partial charge is 0.245 e. The lowest BCUT2D eigenvalue weighted by Crippen LogP contribution is -2.40. The topological polar surface area (TPSA) is 74.7 Å². The van der Waals surface area contributed by atoms with Gasteiger partial charge in [0.15, 0.2) is 5.75 Å². The fourth-order valence-electron chi connectivity index (χ4n) is 4.03. The number of unbranched alkanes of at least 4 members (excludes halogenated alkanes) is 1. The zero-order valence-corrected chi connectivity index (χ0v) is 20.7. The summed E-state index contributed by atoms with van der Waals surface area (Å²) in [4.78, 5) is 13.1. The minimum atomic E-state index is -3.78. The predicted molar refractivity (Wildman–Crippen MR) is 133 cm³/mol. The molecule has 33 heavy (non-hydrogen) atoms. The Labute approximate surface area is 197 Å². The molecule has 1 atom stereocenters. The number of hydrogen-bond acceptors (Lipinski definition) is 7. The highest BCUT2D eigenvalue weighted by Crippen LogP contribution is 2.44. The molecule has 0 amide bonds. The Morgan fingerprint density at radius 3 is 2.52 bits per heavy atom. The fourth-order valence-corrected chi connectivity index (χ4v) is 5.60. The average molecular weight is 475 g/mol. The van der Waals surface area contributed by atoms with Crippen molar-refractivity contribution in [2.24, 2.45) is 5.10 Å². The number of para-hydroxylation sites is 1. The van der Waals surface area contributed by atoms with Crippen molar-refractivity contribution in [1.29, 1.82) is 0 Å². The molecular formula is C24H34N4O4S. The molecule has 0 N–H and O–H groups in total. The third kappa shape index (κ3) is 5.15. The highest BCUT2D eigenvalue weighted by molar-refractivity contribution is 7.89. The first kappa shape index (κ1) is 25.0. The molecule has 2 aromatic rings. The van der Waals surface area contributed by atoms with Crippen LogP contribution in [0.5, 0.6) is 5.75 Å². The van der Waals surface area contributed by atoms with Crippen molar-refractivity contribution in [3.63, 3.8) is 0 Å². The quantitative estimate of drug-likeness (QED) is 0.280. The molecule has 9 heteroatoms. The number of rotatable bonds is 10. The SMILES string of the molecule is C=NN(CC)c1cc2c(cc1OOCC)N(c1ccccc1)C[C@@H](CCCC)N(C)S2(=O)=O. The summed E-state index contributed by atoms with van der Waals surface area (Å²) >= 11 is 0. The molecule has 0 saturated carbocycles. The molecule has 2 aromatic carbocycles. The second-order valence-corrected chi connectivity index (χ2v) is 9.86. The minimum Gasteiger partial charge on any atom is -0.339 e. The van der Waals surface area contributed by atoms with E-state index in [1.165, 1.54) is 4.31 Å². The molecule has 0 saturated heterocycles. The van der Waals surface area contributed by atoms with E-state index in [1.54, 1.807) is 24.2 Å². The van der Waals surface area contributed by atoms with Crippen molar-refractivity contribution < 1.29 is 18.2 Å². The Morgan fingerprint density at radius 2 is 1.91 bits per heavy atom. The average Bonchev–Trinajstić information content (AvgIpc) is 2.91. The van der Waals surface area contributed by atoms with Gasteiger partial charge in [-0.05, 0) is 38.5 Å². The van der Waals surface area contributed by atoms with E-state index in [1.807, 2.05) is 44.2 Å². The van der Waals surface area contributed by atoms with Gasteiger partial charge in [0.1, 0.15) is 10.6 Å². The van der Waals surface area contributed by atoms with Crippen LogP contribution in [0.15, 0.2) is 52.5 Å². The Hall–Kier alpha value is -2.62. The number of hydrazone groups is 1. The fraction of sp³-hybridized carbons (Fsp3) is 0.458. The maximum absolute atomic E-state index is 13.8. The Bertz CT molecular complexity index is 1050. The van der Waals surface area contributed by atoms with Crippen LogP contribution in [0.3, 0.4) is 0 Å². The zero-order chi connectivity index (χ0) is 24.0. The number of benzene rings is 2. The van der Waals surface area contributed by atoms with E-state index in [0.717, 1.165) is 24.9 Å². The molecule has 0 aliphatic carbocycles. The van der Waals surface area contributed by atoms with E-state index in [4.69, 9.17) is 9.78 Å². The van der Waals surface area contributed by atoms with E-state index >= 15 is 0 Å². The molecule has 3 rings (SSSR count). The van der Waals surface area contributed by atoms with Crippen molar-refractivity contribution in [3.8, 4) is 5.75 Å². The lowest BCUT2D eigenvalue weighted by molar-refractivity contribution is -0.201. The van der Waals surface area contributed by atoms with Crippen LogP contribution >= 0.6 is 0 Å². The molecule has 1 heterocycles. The predicted octanol–water partition coefficient (Wildman–Crippen LogP) is 4.79. The number of sulfonamides is 1. The van der Waals surface area contributed by atoms with E-state index in [2.05, 4.69) is 23.6 Å².